The summed E-state index contributed by atoms with van der Waals surface area (Å²) in [5.41, 5.74) is 1.02. The zero-order chi connectivity index (χ0) is 23.1. The first-order valence-corrected chi connectivity index (χ1v) is 11.6. The third kappa shape index (κ3) is 6.31. The number of nitrogens with zero attached hydrogens (tertiary/aromatic N) is 3. The highest BCUT2D eigenvalue weighted by atomic mass is 35.5. The molecule has 2 aromatic carbocycles. The highest BCUT2D eigenvalue weighted by Crippen LogP contribution is 2.21. The minimum atomic E-state index is -0.340. The van der Waals surface area contributed by atoms with Crippen LogP contribution in [0.3, 0.4) is 0 Å². The zero-order valence-corrected chi connectivity index (χ0v) is 19.6. The molecule has 170 valence electrons. The summed E-state index contributed by atoms with van der Waals surface area (Å²) in [7, 11) is 1.66. The lowest BCUT2D eigenvalue weighted by molar-refractivity contribution is -0.127. The summed E-state index contributed by atoms with van der Waals surface area (Å²) in [5.74, 6) is -0.399. The number of carbonyl (C=O) groups excluding carboxylic acids is 1. The molecule has 3 aromatic rings. The summed E-state index contributed by atoms with van der Waals surface area (Å²) in [6, 6.07) is 11.1. The van der Waals surface area contributed by atoms with Gasteiger partial charge in [0.2, 0.25) is 5.91 Å². The highest BCUT2D eigenvalue weighted by Gasteiger charge is 2.16. The van der Waals surface area contributed by atoms with Crippen LogP contribution in [0.15, 0.2) is 52.4 Å². The van der Waals surface area contributed by atoms with Crippen LogP contribution >= 0.6 is 23.4 Å². The predicted octanol–water partition coefficient (Wildman–Crippen LogP) is 4.37. The maximum Gasteiger partial charge on any atom is 0.262 e. The Hall–Kier alpha value is -2.42. The van der Waals surface area contributed by atoms with Gasteiger partial charge in [0.15, 0.2) is 5.16 Å². The van der Waals surface area contributed by atoms with Crippen LogP contribution in [0.25, 0.3) is 10.9 Å². The Kier molecular flexibility index (Phi) is 8.67. The molecule has 0 aliphatic carbocycles. The smallest absolute Gasteiger partial charge is 0.262 e. The van der Waals surface area contributed by atoms with Gasteiger partial charge in [-0.1, -0.05) is 35.5 Å². The van der Waals surface area contributed by atoms with Crippen molar-refractivity contribution in [2.75, 3.05) is 26.0 Å². The monoisotopic (exact) mass is 477 g/mol. The van der Waals surface area contributed by atoms with Gasteiger partial charge in [-0.3, -0.25) is 14.2 Å². The number of aromatic nitrogens is 2. The fraction of sp³-hybridized carbons (Fsp3) is 0.348. The van der Waals surface area contributed by atoms with Crippen molar-refractivity contribution in [2.24, 2.45) is 0 Å². The van der Waals surface area contributed by atoms with E-state index in [1.807, 2.05) is 6.92 Å². The molecule has 1 heterocycles. The van der Waals surface area contributed by atoms with E-state index >= 15 is 0 Å². The fourth-order valence-electron chi connectivity index (χ4n) is 3.18. The van der Waals surface area contributed by atoms with Gasteiger partial charge in [0.1, 0.15) is 5.82 Å². The molecule has 0 spiro atoms. The number of amides is 1. The Bertz CT molecular complexity index is 1160. The quantitative estimate of drug-likeness (QED) is 0.246. The van der Waals surface area contributed by atoms with E-state index in [0.717, 1.165) is 0 Å². The van der Waals surface area contributed by atoms with Gasteiger partial charge in [0, 0.05) is 38.4 Å². The Morgan fingerprint density at radius 2 is 2.09 bits per heavy atom. The molecule has 0 saturated heterocycles. The molecule has 0 radical (unpaired) electrons. The van der Waals surface area contributed by atoms with E-state index in [9.17, 15) is 14.0 Å². The lowest BCUT2D eigenvalue weighted by atomic mass is 10.2. The molecule has 0 unspecified atom stereocenters. The molecule has 0 bridgehead atoms. The van der Waals surface area contributed by atoms with Crippen LogP contribution in [-0.4, -0.2) is 46.4 Å². The fourth-order valence-corrected chi connectivity index (χ4v) is 4.32. The number of ether oxygens (including phenoxy) is 1. The predicted molar refractivity (Wildman–Crippen MR) is 126 cm³/mol. The molecule has 9 heteroatoms. The van der Waals surface area contributed by atoms with E-state index in [0.29, 0.717) is 59.4 Å². The number of hydrogen-bond donors (Lipinski definition) is 0. The first-order chi connectivity index (χ1) is 15.4. The lowest BCUT2D eigenvalue weighted by Gasteiger charge is -2.18. The first-order valence-electron chi connectivity index (χ1n) is 10.3. The van der Waals surface area contributed by atoms with Crippen molar-refractivity contribution < 1.29 is 13.9 Å². The van der Waals surface area contributed by atoms with Gasteiger partial charge in [-0.25, -0.2) is 9.37 Å². The summed E-state index contributed by atoms with van der Waals surface area (Å²) in [5, 5.41) is 1.42. The van der Waals surface area contributed by atoms with Crippen LogP contribution in [0.5, 0.6) is 0 Å². The van der Waals surface area contributed by atoms with Crippen molar-refractivity contribution in [3.05, 3.63) is 69.2 Å². The molecule has 1 aromatic heterocycles. The molecule has 0 aliphatic rings. The third-order valence-electron chi connectivity index (χ3n) is 4.82. The molecule has 1 amide bonds. The number of hydrogen-bond acceptors (Lipinski definition) is 5. The Labute approximate surface area is 195 Å². The van der Waals surface area contributed by atoms with Gasteiger partial charge < -0.3 is 9.64 Å². The second kappa shape index (κ2) is 11.4. The molecule has 0 aliphatic heterocycles. The maximum atomic E-state index is 13.4. The Morgan fingerprint density at radius 3 is 2.84 bits per heavy atom. The van der Waals surface area contributed by atoms with Gasteiger partial charge in [-0.2, -0.15) is 0 Å². The van der Waals surface area contributed by atoms with Gasteiger partial charge >= 0.3 is 0 Å². The van der Waals surface area contributed by atoms with Gasteiger partial charge in [0.25, 0.3) is 5.56 Å². The molecule has 32 heavy (non-hydrogen) atoms. The Morgan fingerprint density at radius 1 is 1.28 bits per heavy atom. The SMILES string of the molecule is CCOCCCn1c(SCC(=O)N(C)Cc2cccc(F)c2)nc2cc(Cl)ccc2c1=O. The van der Waals surface area contributed by atoms with E-state index in [2.05, 4.69) is 4.98 Å². The topological polar surface area (TPSA) is 64.4 Å². The minimum absolute atomic E-state index is 0.0930. The molecule has 0 N–H and O–H groups in total. The van der Waals surface area contributed by atoms with Gasteiger partial charge in [-0.05, 0) is 49.2 Å². The average Bonchev–Trinajstić information content (AvgIpc) is 2.76. The van der Waals surface area contributed by atoms with Crippen molar-refractivity contribution in [2.45, 2.75) is 31.6 Å². The highest BCUT2D eigenvalue weighted by molar-refractivity contribution is 7.99. The summed E-state index contributed by atoms with van der Waals surface area (Å²) in [4.78, 5) is 31.9. The number of thioether (sulfide) groups is 1. The van der Waals surface area contributed by atoms with Crippen LogP contribution in [0.1, 0.15) is 18.9 Å². The van der Waals surface area contributed by atoms with Crippen LogP contribution in [0, 0.1) is 5.82 Å². The first kappa shape index (κ1) is 24.2. The van der Waals surface area contributed by atoms with Crippen LogP contribution in [0.4, 0.5) is 4.39 Å². The maximum absolute atomic E-state index is 13.4. The normalized spacial score (nSPS) is 11.1. The molecule has 0 atom stereocenters. The summed E-state index contributed by atoms with van der Waals surface area (Å²) < 4.78 is 20.4. The molecule has 6 nitrogen and oxygen atoms in total. The molecular weight excluding hydrogens is 453 g/mol. The van der Waals surface area contributed by atoms with E-state index in [-0.39, 0.29) is 23.0 Å². The molecule has 0 fully saturated rings. The zero-order valence-electron chi connectivity index (χ0n) is 18.0. The number of benzene rings is 2. The largest absolute Gasteiger partial charge is 0.382 e. The van der Waals surface area contributed by atoms with Crippen molar-refractivity contribution in [1.29, 1.82) is 0 Å². The molecule has 3 rings (SSSR count). The summed E-state index contributed by atoms with van der Waals surface area (Å²) in [6.07, 6.45) is 0.648. The van der Waals surface area contributed by atoms with Gasteiger partial charge in [-0.15, -0.1) is 0 Å². The molecule has 0 saturated carbocycles. The summed E-state index contributed by atoms with van der Waals surface area (Å²) in [6.45, 7) is 3.78. The average molecular weight is 478 g/mol. The van der Waals surface area contributed by atoms with Crippen LogP contribution < -0.4 is 5.56 Å². The number of carbonyl (C=O) groups is 1. The van der Waals surface area contributed by atoms with Crippen LogP contribution in [0.2, 0.25) is 5.02 Å². The van der Waals surface area contributed by atoms with Crippen molar-refractivity contribution >= 4 is 40.2 Å². The second-order valence-corrected chi connectivity index (χ2v) is 8.61. The van der Waals surface area contributed by atoms with E-state index < -0.39 is 0 Å². The van der Waals surface area contributed by atoms with E-state index in [4.69, 9.17) is 16.3 Å². The standard InChI is InChI=1S/C23H25ClFN3O3S/c1-3-31-11-5-10-28-22(30)19-9-8-17(24)13-20(19)26-23(28)32-15-21(29)27(2)14-16-6-4-7-18(25)12-16/h4,6-9,12-13H,3,5,10-11,14-15H2,1-2H3. The summed E-state index contributed by atoms with van der Waals surface area (Å²) >= 11 is 7.28. The Balaban J connectivity index is 1.77. The van der Waals surface area contributed by atoms with E-state index in [1.165, 1.54) is 28.8 Å². The molecular formula is C23H25ClFN3O3S. The van der Waals surface area contributed by atoms with Gasteiger partial charge in [0.05, 0.1) is 16.7 Å². The lowest BCUT2D eigenvalue weighted by Crippen LogP contribution is -2.29. The minimum Gasteiger partial charge on any atom is -0.382 e. The van der Waals surface area contributed by atoms with E-state index in [1.54, 1.807) is 41.9 Å². The number of rotatable bonds is 10. The van der Waals surface area contributed by atoms with Crippen LogP contribution in [-0.2, 0) is 22.6 Å². The number of fused-ring (bicyclic) bond motifs is 1. The van der Waals surface area contributed by atoms with Crippen molar-refractivity contribution in [1.82, 2.24) is 14.5 Å². The number of halogens is 2. The third-order valence-corrected chi connectivity index (χ3v) is 6.01. The second-order valence-electron chi connectivity index (χ2n) is 7.23. The van der Waals surface area contributed by atoms with Crippen molar-refractivity contribution in [3.8, 4) is 0 Å². The van der Waals surface area contributed by atoms with Crippen molar-refractivity contribution in [3.63, 3.8) is 0 Å².